The zero-order valence-corrected chi connectivity index (χ0v) is 12.9. The van der Waals surface area contributed by atoms with Crippen molar-refractivity contribution in [1.82, 2.24) is 10.2 Å². The second kappa shape index (κ2) is 8.23. The molecule has 2 aliphatic rings. The number of ether oxygens (including phenoxy) is 1. The lowest BCUT2D eigenvalue weighted by molar-refractivity contribution is 0.0644. The van der Waals surface area contributed by atoms with Crippen LogP contribution in [0.25, 0.3) is 0 Å². The minimum absolute atomic E-state index is 0.399. The van der Waals surface area contributed by atoms with Gasteiger partial charge in [0.25, 0.3) is 0 Å². The molecule has 2 rings (SSSR count). The molecule has 1 N–H and O–H groups in total. The fraction of sp³-hybridized carbons (Fsp3) is 1.00. The van der Waals surface area contributed by atoms with Crippen molar-refractivity contribution in [2.45, 2.75) is 64.5 Å². The predicted molar refractivity (Wildman–Crippen MR) is 80.5 cm³/mol. The number of nitrogens with zero attached hydrogens (tertiary/aromatic N) is 1. The second-order valence-corrected chi connectivity index (χ2v) is 6.36. The Hall–Kier alpha value is -0.120. The van der Waals surface area contributed by atoms with Crippen LogP contribution in [-0.4, -0.2) is 49.8 Å². The molecule has 0 aromatic rings. The minimum atomic E-state index is 0.399. The standard InChI is InChI=1S/C16H32N2O/c1-3-17-16(15-8-5-4-6-9-15)13-18-10-7-11-19-14(2)12-18/h14-17H,3-13H2,1-2H3. The highest BCUT2D eigenvalue weighted by atomic mass is 16.5. The summed E-state index contributed by atoms with van der Waals surface area (Å²) in [4.78, 5) is 2.62. The van der Waals surface area contributed by atoms with E-state index in [0.717, 1.165) is 25.6 Å². The highest BCUT2D eigenvalue weighted by Gasteiger charge is 2.26. The highest BCUT2D eigenvalue weighted by Crippen LogP contribution is 2.27. The van der Waals surface area contributed by atoms with Gasteiger partial charge in [0, 0.05) is 32.3 Å². The molecule has 2 fully saturated rings. The average molecular weight is 268 g/mol. The highest BCUT2D eigenvalue weighted by molar-refractivity contribution is 4.83. The van der Waals surface area contributed by atoms with Gasteiger partial charge in [0.05, 0.1) is 6.10 Å². The van der Waals surface area contributed by atoms with E-state index < -0.39 is 0 Å². The van der Waals surface area contributed by atoms with Crippen LogP contribution in [0.1, 0.15) is 52.4 Å². The van der Waals surface area contributed by atoms with Gasteiger partial charge in [-0.1, -0.05) is 26.2 Å². The summed E-state index contributed by atoms with van der Waals surface area (Å²) in [5, 5.41) is 3.75. The van der Waals surface area contributed by atoms with Gasteiger partial charge in [-0.25, -0.2) is 0 Å². The molecule has 0 aromatic carbocycles. The average Bonchev–Trinajstić information content (AvgIpc) is 2.63. The quantitative estimate of drug-likeness (QED) is 0.829. The van der Waals surface area contributed by atoms with Crippen LogP contribution < -0.4 is 5.32 Å². The van der Waals surface area contributed by atoms with E-state index in [-0.39, 0.29) is 0 Å². The molecule has 1 heterocycles. The van der Waals surface area contributed by atoms with Gasteiger partial charge in [-0.3, -0.25) is 4.90 Å². The Bertz CT molecular complexity index is 241. The van der Waals surface area contributed by atoms with Crippen LogP contribution in [0.15, 0.2) is 0 Å². The maximum absolute atomic E-state index is 5.76. The van der Waals surface area contributed by atoms with E-state index in [9.17, 15) is 0 Å². The zero-order valence-electron chi connectivity index (χ0n) is 12.9. The van der Waals surface area contributed by atoms with Gasteiger partial charge in [0.1, 0.15) is 0 Å². The molecular formula is C16H32N2O. The summed E-state index contributed by atoms with van der Waals surface area (Å²) in [5.74, 6) is 0.896. The van der Waals surface area contributed by atoms with Gasteiger partial charge in [-0.05, 0) is 38.6 Å². The molecule has 112 valence electrons. The first-order valence-electron chi connectivity index (χ1n) is 8.37. The maximum Gasteiger partial charge on any atom is 0.0673 e. The monoisotopic (exact) mass is 268 g/mol. The smallest absolute Gasteiger partial charge is 0.0673 e. The van der Waals surface area contributed by atoms with Crippen LogP contribution >= 0.6 is 0 Å². The van der Waals surface area contributed by atoms with Crippen molar-refractivity contribution in [2.75, 3.05) is 32.8 Å². The van der Waals surface area contributed by atoms with Crippen LogP contribution in [0.4, 0.5) is 0 Å². The third kappa shape index (κ3) is 5.05. The molecule has 2 unspecified atom stereocenters. The van der Waals surface area contributed by atoms with Gasteiger partial charge in [-0.2, -0.15) is 0 Å². The Kier molecular flexibility index (Phi) is 6.62. The predicted octanol–water partition coefficient (Wildman–Crippen LogP) is 2.66. The molecule has 3 nitrogen and oxygen atoms in total. The molecule has 19 heavy (non-hydrogen) atoms. The van der Waals surface area contributed by atoms with Crippen molar-refractivity contribution in [3.05, 3.63) is 0 Å². The largest absolute Gasteiger partial charge is 0.377 e. The number of hydrogen-bond acceptors (Lipinski definition) is 3. The molecule has 0 radical (unpaired) electrons. The number of rotatable bonds is 5. The van der Waals surface area contributed by atoms with E-state index in [4.69, 9.17) is 4.74 Å². The molecular weight excluding hydrogens is 236 g/mol. The van der Waals surface area contributed by atoms with Crippen molar-refractivity contribution in [3.63, 3.8) is 0 Å². The SMILES string of the molecule is CCNC(CN1CCCOC(C)C1)C1CCCCC1. The van der Waals surface area contributed by atoms with E-state index in [1.807, 2.05) is 0 Å². The molecule has 1 aliphatic heterocycles. The van der Waals surface area contributed by atoms with Crippen LogP contribution in [-0.2, 0) is 4.74 Å². The molecule has 1 aliphatic carbocycles. The van der Waals surface area contributed by atoms with Gasteiger partial charge in [0.2, 0.25) is 0 Å². The molecule has 0 amide bonds. The normalized spacial score (nSPS) is 29.1. The van der Waals surface area contributed by atoms with Gasteiger partial charge >= 0.3 is 0 Å². The molecule has 0 spiro atoms. The first kappa shape index (κ1) is 15.3. The molecule has 3 heteroatoms. The topological polar surface area (TPSA) is 24.5 Å². The molecule has 1 saturated carbocycles. The number of nitrogens with one attached hydrogen (secondary N) is 1. The summed E-state index contributed by atoms with van der Waals surface area (Å²) in [6.07, 6.45) is 8.77. The molecule has 1 saturated heterocycles. The molecule has 2 atom stereocenters. The number of hydrogen-bond donors (Lipinski definition) is 1. The van der Waals surface area contributed by atoms with Gasteiger partial charge < -0.3 is 10.1 Å². The third-order valence-electron chi connectivity index (χ3n) is 4.68. The van der Waals surface area contributed by atoms with Gasteiger partial charge in [-0.15, -0.1) is 0 Å². The first-order valence-corrected chi connectivity index (χ1v) is 8.37. The van der Waals surface area contributed by atoms with E-state index in [1.54, 1.807) is 0 Å². The Balaban J connectivity index is 1.86. The van der Waals surface area contributed by atoms with Crippen molar-refractivity contribution in [2.24, 2.45) is 5.92 Å². The van der Waals surface area contributed by atoms with E-state index in [0.29, 0.717) is 12.1 Å². The minimum Gasteiger partial charge on any atom is -0.377 e. The summed E-state index contributed by atoms with van der Waals surface area (Å²) in [5.41, 5.74) is 0. The van der Waals surface area contributed by atoms with E-state index in [1.165, 1.54) is 51.6 Å². The lowest BCUT2D eigenvalue weighted by Crippen LogP contribution is -2.47. The number of likely N-dealkylation sites (N-methyl/N-ethyl adjacent to an activating group) is 1. The van der Waals surface area contributed by atoms with Crippen molar-refractivity contribution < 1.29 is 4.74 Å². The van der Waals surface area contributed by atoms with E-state index in [2.05, 4.69) is 24.1 Å². The Morgan fingerprint density at radius 1 is 1.21 bits per heavy atom. The van der Waals surface area contributed by atoms with Gasteiger partial charge in [0.15, 0.2) is 0 Å². The second-order valence-electron chi connectivity index (χ2n) is 6.36. The van der Waals surface area contributed by atoms with Crippen molar-refractivity contribution in [3.8, 4) is 0 Å². The Labute approximate surface area is 119 Å². The summed E-state index contributed by atoms with van der Waals surface area (Å²) < 4.78 is 5.76. The van der Waals surface area contributed by atoms with Crippen LogP contribution in [0.3, 0.4) is 0 Å². The Morgan fingerprint density at radius 3 is 2.74 bits per heavy atom. The summed E-state index contributed by atoms with van der Waals surface area (Å²) in [6, 6.07) is 0.690. The third-order valence-corrected chi connectivity index (χ3v) is 4.68. The van der Waals surface area contributed by atoms with Crippen LogP contribution in [0, 0.1) is 5.92 Å². The fourth-order valence-corrected chi connectivity index (χ4v) is 3.70. The first-order chi connectivity index (χ1) is 9.29. The lowest BCUT2D eigenvalue weighted by atomic mass is 9.83. The maximum atomic E-state index is 5.76. The lowest BCUT2D eigenvalue weighted by Gasteiger charge is -2.35. The fourth-order valence-electron chi connectivity index (χ4n) is 3.70. The van der Waals surface area contributed by atoms with E-state index >= 15 is 0 Å². The van der Waals surface area contributed by atoms with Crippen molar-refractivity contribution >= 4 is 0 Å². The zero-order chi connectivity index (χ0) is 13.5. The van der Waals surface area contributed by atoms with Crippen LogP contribution in [0.5, 0.6) is 0 Å². The summed E-state index contributed by atoms with van der Waals surface area (Å²) in [7, 11) is 0. The Morgan fingerprint density at radius 2 is 2.00 bits per heavy atom. The summed E-state index contributed by atoms with van der Waals surface area (Å²) in [6.45, 7) is 10.0. The summed E-state index contributed by atoms with van der Waals surface area (Å²) >= 11 is 0. The van der Waals surface area contributed by atoms with Crippen LogP contribution in [0.2, 0.25) is 0 Å². The van der Waals surface area contributed by atoms with Crippen molar-refractivity contribution in [1.29, 1.82) is 0 Å². The molecule has 0 bridgehead atoms. The molecule has 0 aromatic heterocycles.